The molecule has 6 heteroatoms. The molecular weight excluding hydrogens is 205 g/mol. The maximum atomic E-state index is 11.7. The summed E-state index contributed by atoms with van der Waals surface area (Å²) in [6.45, 7) is 2.06. The second-order valence-corrected chi connectivity index (χ2v) is 5.27. The van der Waals surface area contributed by atoms with E-state index in [-0.39, 0.29) is 18.5 Å². The molecule has 0 saturated heterocycles. The lowest BCUT2D eigenvalue weighted by Crippen LogP contribution is -2.22. The Balaban J connectivity index is 4.08. The Morgan fingerprint density at radius 1 is 1.43 bits per heavy atom. The third-order valence-electron chi connectivity index (χ3n) is 1.70. The van der Waals surface area contributed by atoms with Crippen LogP contribution in [0.4, 0.5) is 0 Å². The van der Waals surface area contributed by atoms with Gasteiger partial charge in [-0.2, -0.15) is 0 Å². The van der Waals surface area contributed by atoms with Crippen LogP contribution in [0.15, 0.2) is 0 Å². The minimum absolute atomic E-state index is 0.0815. The predicted molar refractivity (Wildman–Crippen MR) is 54.4 cm³/mol. The SMILES string of the molecule is CCOP(=O)(CCC(=O)N(C)C)OC. The quantitative estimate of drug-likeness (QED) is 0.637. The Morgan fingerprint density at radius 3 is 2.36 bits per heavy atom. The van der Waals surface area contributed by atoms with Gasteiger partial charge in [0, 0.05) is 27.6 Å². The van der Waals surface area contributed by atoms with Crippen LogP contribution >= 0.6 is 7.60 Å². The van der Waals surface area contributed by atoms with Gasteiger partial charge in [-0.15, -0.1) is 0 Å². The standard InChI is InChI=1S/C8H18NO4P/c1-5-13-14(11,12-4)7-6-8(10)9(2)3/h5-7H2,1-4H3. The highest BCUT2D eigenvalue weighted by Crippen LogP contribution is 2.47. The van der Waals surface area contributed by atoms with E-state index < -0.39 is 7.60 Å². The molecule has 0 aliphatic rings. The largest absolute Gasteiger partial charge is 0.349 e. The van der Waals surface area contributed by atoms with E-state index in [1.54, 1.807) is 21.0 Å². The summed E-state index contributed by atoms with van der Waals surface area (Å²) in [7, 11) is 1.60. The lowest BCUT2D eigenvalue weighted by molar-refractivity contribution is -0.128. The maximum absolute atomic E-state index is 11.7. The van der Waals surface area contributed by atoms with Crippen molar-refractivity contribution in [2.45, 2.75) is 13.3 Å². The Morgan fingerprint density at radius 2 is 2.00 bits per heavy atom. The molecule has 0 heterocycles. The molecule has 14 heavy (non-hydrogen) atoms. The second-order valence-electron chi connectivity index (χ2n) is 2.97. The minimum Gasteiger partial charge on any atom is -0.349 e. The molecule has 0 aromatic heterocycles. The Hall–Kier alpha value is -0.380. The molecule has 0 radical (unpaired) electrons. The summed E-state index contributed by atoms with van der Waals surface area (Å²) in [6.07, 6.45) is 0.312. The van der Waals surface area contributed by atoms with Gasteiger partial charge in [0.15, 0.2) is 0 Å². The third kappa shape index (κ3) is 4.74. The number of rotatable bonds is 6. The second kappa shape index (κ2) is 6.17. The van der Waals surface area contributed by atoms with Gasteiger partial charge in [0.05, 0.1) is 12.8 Å². The van der Waals surface area contributed by atoms with E-state index in [0.717, 1.165) is 0 Å². The van der Waals surface area contributed by atoms with Crippen molar-refractivity contribution in [3.8, 4) is 0 Å². The van der Waals surface area contributed by atoms with Gasteiger partial charge in [-0.05, 0) is 6.92 Å². The summed E-state index contributed by atoms with van der Waals surface area (Å²) >= 11 is 0. The third-order valence-corrected chi connectivity index (χ3v) is 3.68. The summed E-state index contributed by atoms with van der Waals surface area (Å²) in [5, 5.41) is 0. The van der Waals surface area contributed by atoms with Crippen molar-refractivity contribution in [2.75, 3.05) is 34.0 Å². The van der Waals surface area contributed by atoms with E-state index in [2.05, 4.69) is 0 Å². The van der Waals surface area contributed by atoms with E-state index in [0.29, 0.717) is 6.61 Å². The molecule has 0 rings (SSSR count). The molecule has 0 N–H and O–H groups in total. The van der Waals surface area contributed by atoms with Gasteiger partial charge in [-0.1, -0.05) is 0 Å². The summed E-state index contributed by atoms with van der Waals surface area (Å²) in [5.41, 5.74) is 0. The highest BCUT2D eigenvalue weighted by molar-refractivity contribution is 7.53. The Kier molecular flexibility index (Phi) is 6.00. The van der Waals surface area contributed by atoms with E-state index in [1.807, 2.05) is 0 Å². The van der Waals surface area contributed by atoms with Crippen molar-refractivity contribution >= 4 is 13.5 Å². The summed E-state index contributed by atoms with van der Waals surface area (Å²) in [4.78, 5) is 12.7. The molecule has 1 unspecified atom stereocenters. The van der Waals surface area contributed by atoms with Crippen molar-refractivity contribution in [3.63, 3.8) is 0 Å². The zero-order valence-electron chi connectivity index (χ0n) is 9.15. The molecule has 1 amide bonds. The molecule has 84 valence electrons. The predicted octanol–water partition coefficient (Wildman–Crippen LogP) is 1.34. The van der Waals surface area contributed by atoms with Crippen molar-refractivity contribution < 1.29 is 18.4 Å². The van der Waals surface area contributed by atoms with Gasteiger partial charge in [-0.25, -0.2) is 0 Å². The van der Waals surface area contributed by atoms with Crippen LogP contribution in [0.3, 0.4) is 0 Å². The molecule has 0 aliphatic carbocycles. The van der Waals surface area contributed by atoms with Crippen LogP contribution in [0.25, 0.3) is 0 Å². The molecule has 0 bridgehead atoms. The number of hydrogen-bond acceptors (Lipinski definition) is 4. The fourth-order valence-electron chi connectivity index (χ4n) is 0.861. The van der Waals surface area contributed by atoms with Crippen LogP contribution in [0.1, 0.15) is 13.3 Å². The molecule has 5 nitrogen and oxygen atoms in total. The fraction of sp³-hybridized carbons (Fsp3) is 0.875. The van der Waals surface area contributed by atoms with Crippen molar-refractivity contribution in [3.05, 3.63) is 0 Å². The van der Waals surface area contributed by atoms with Gasteiger partial charge in [0.25, 0.3) is 0 Å². The maximum Gasteiger partial charge on any atom is 0.330 e. The van der Waals surface area contributed by atoms with Crippen molar-refractivity contribution in [1.29, 1.82) is 0 Å². The first-order chi connectivity index (χ1) is 6.45. The van der Waals surface area contributed by atoms with E-state index in [9.17, 15) is 9.36 Å². The van der Waals surface area contributed by atoms with Gasteiger partial charge in [0.2, 0.25) is 5.91 Å². The first kappa shape index (κ1) is 13.6. The zero-order valence-corrected chi connectivity index (χ0v) is 10.0. The van der Waals surface area contributed by atoms with Crippen LogP contribution in [0.5, 0.6) is 0 Å². The summed E-state index contributed by atoms with van der Waals surface area (Å²) in [5.74, 6) is -0.0815. The Bertz CT molecular complexity index is 229. The number of carbonyl (C=O) groups is 1. The van der Waals surface area contributed by atoms with Gasteiger partial charge in [0.1, 0.15) is 0 Å². The van der Waals surface area contributed by atoms with Gasteiger partial charge >= 0.3 is 7.60 Å². The van der Waals surface area contributed by atoms with Crippen LogP contribution in [-0.2, 0) is 18.4 Å². The highest BCUT2D eigenvalue weighted by Gasteiger charge is 2.23. The molecular formula is C8H18NO4P. The fourth-order valence-corrected chi connectivity index (χ4v) is 2.14. The van der Waals surface area contributed by atoms with Crippen LogP contribution in [-0.4, -0.2) is 44.8 Å². The van der Waals surface area contributed by atoms with E-state index in [1.165, 1.54) is 12.0 Å². The minimum atomic E-state index is -3.04. The molecule has 1 atom stereocenters. The zero-order chi connectivity index (χ0) is 11.2. The van der Waals surface area contributed by atoms with E-state index >= 15 is 0 Å². The lowest BCUT2D eigenvalue weighted by atomic mass is 10.4. The summed E-state index contributed by atoms with van der Waals surface area (Å²) in [6, 6.07) is 0. The molecule has 0 spiro atoms. The molecule has 0 aromatic carbocycles. The highest BCUT2D eigenvalue weighted by atomic mass is 31.2. The molecule has 0 fully saturated rings. The smallest absolute Gasteiger partial charge is 0.330 e. The van der Waals surface area contributed by atoms with Gasteiger partial charge < -0.3 is 13.9 Å². The number of carbonyl (C=O) groups excluding carboxylic acids is 1. The van der Waals surface area contributed by atoms with Gasteiger partial charge in [-0.3, -0.25) is 9.36 Å². The molecule has 0 aliphatic heterocycles. The average molecular weight is 223 g/mol. The molecule has 0 saturated carbocycles. The lowest BCUT2D eigenvalue weighted by Gasteiger charge is -2.16. The number of hydrogen-bond donors (Lipinski definition) is 0. The number of nitrogens with zero attached hydrogens (tertiary/aromatic N) is 1. The van der Waals surface area contributed by atoms with Crippen molar-refractivity contribution in [1.82, 2.24) is 4.90 Å². The van der Waals surface area contributed by atoms with Crippen LogP contribution in [0.2, 0.25) is 0 Å². The average Bonchev–Trinajstić information content (AvgIpc) is 2.14. The monoisotopic (exact) mass is 223 g/mol. The number of amides is 1. The summed E-state index contributed by atoms with van der Waals surface area (Å²) < 4.78 is 21.4. The topological polar surface area (TPSA) is 55.8 Å². The Labute approximate surface area is 84.9 Å². The van der Waals surface area contributed by atoms with E-state index in [4.69, 9.17) is 9.05 Å². The molecule has 0 aromatic rings. The van der Waals surface area contributed by atoms with Crippen LogP contribution < -0.4 is 0 Å². The van der Waals surface area contributed by atoms with Crippen molar-refractivity contribution in [2.24, 2.45) is 0 Å². The first-order valence-electron chi connectivity index (χ1n) is 4.44. The normalized spacial score (nSPS) is 14.9. The first-order valence-corrected chi connectivity index (χ1v) is 6.17. The van der Waals surface area contributed by atoms with Crippen LogP contribution in [0, 0.1) is 0 Å².